The second-order valence-corrected chi connectivity index (χ2v) is 6.28. The molecule has 0 N–H and O–H groups in total. The van der Waals surface area contributed by atoms with Crippen LogP contribution in [0.5, 0.6) is 0 Å². The van der Waals surface area contributed by atoms with Gasteiger partial charge in [0.05, 0.1) is 12.7 Å². The van der Waals surface area contributed by atoms with Gasteiger partial charge < -0.3 is 0 Å². The van der Waals surface area contributed by atoms with Crippen LogP contribution in [0.2, 0.25) is 0 Å². The molecule has 0 aliphatic carbocycles. The Kier molecular flexibility index (Phi) is 4.73. The zero-order valence-electron chi connectivity index (χ0n) is 13.5. The third-order valence-electron chi connectivity index (χ3n) is 3.87. The molecule has 0 fully saturated rings. The molecule has 1 aliphatic heterocycles. The van der Waals surface area contributed by atoms with E-state index in [4.69, 9.17) is 4.84 Å². The minimum absolute atomic E-state index is 0.000877. The quantitative estimate of drug-likeness (QED) is 0.780. The Labute approximate surface area is 147 Å². The zero-order chi connectivity index (χ0) is 18.0. The standard InChI is InChI=1S/C17H15F2N3O2S/c1-21(24-2)16(23)22-17(25-11-20-22,12-6-4-3-5-7-12)14-10-13(18)8-9-15(14)19/h3-11H,1-2H3. The highest BCUT2D eigenvalue weighted by Gasteiger charge is 2.50. The Bertz CT molecular complexity index is 819. The number of urea groups is 1. The number of hydroxylamine groups is 2. The predicted octanol–water partition coefficient (Wildman–Crippen LogP) is 3.77. The smallest absolute Gasteiger partial charge is 0.273 e. The van der Waals surface area contributed by atoms with Crippen LogP contribution in [-0.2, 0) is 9.71 Å². The largest absolute Gasteiger partial charge is 0.366 e. The fourth-order valence-electron chi connectivity index (χ4n) is 2.62. The molecule has 1 aliphatic rings. The summed E-state index contributed by atoms with van der Waals surface area (Å²) in [6, 6.07) is 11.3. The summed E-state index contributed by atoms with van der Waals surface area (Å²) < 4.78 is 28.5. The number of hydrogen-bond donors (Lipinski definition) is 0. The minimum atomic E-state index is -1.38. The lowest BCUT2D eigenvalue weighted by Gasteiger charge is -2.37. The first kappa shape index (κ1) is 17.4. The Balaban J connectivity index is 2.24. The van der Waals surface area contributed by atoms with E-state index in [0.717, 1.165) is 40.0 Å². The molecule has 8 heteroatoms. The number of thioether (sulfide) groups is 1. The van der Waals surface area contributed by atoms with Crippen LogP contribution in [0.15, 0.2) is 53.6 Å². The highest BCUT2D eigenvalue weighted by Crippen LogP contribution is 2.49. The van der Waals surface area contributed by atoms with Crippen LogP contribution in [-0.4, -0.2) is 35.8 Å². The van der Waals surface area contributed by atoms with Crippen molar-refractivity contribution in [1.82, 2.24) is 10.1 Å². The third-order valence-corrected chi connectivity index (χ3v) is 5.04. The van der Waals surface area contributed by atoms with Gasteiger partial charge in [-0.05, 0) is 23.8 Å². The van der Waals surface area contributed by atoms with Crippen molar-refractivity contribution in [2.24, 2.45) is 5.10 Å². The van der Waals surface area contributed by atoms with Gasteiger partial charge in [-0.1, -0.05) is 42.1 Å². The van der Waals surface area contributed by atoms with Crippen LogP contribution < -0.4 is 0 Å². The molecule has 0 saturated heterocycles. The number of carbonyl (C=O) groups excluding carboxylic acids is 1. The molecule has 2 aromatic carbocycles. The van der Waals surface area contributed by atoms with E-state index in [1.54, 1.807) is 30.3 Å². The van der Waals surface area contributed by atoms with Gasteiger partial charge in [-0.2, -0.15) is 10.1 Å². The number of nitrogens with zero attached hydrogens (tertiary/aromatic N) is 3. The van der Waals surface area contributed by atoms with E-state index in [1.165, 1.54) is 19.7 Å². The molecule has 0 radical (unpaired) electrons. The van der Waals surface area contributed by atoms with E-state index in [9.17, 15) is 13.6 Å². The summed E-state index contributed by atoms with van der Waals surface area (Å²) >= 11 is 1.11. The average molecular weight is 363 g/mol. The molecular weight excluding hydrogens is 348 g/mol. The molecule has 1 heterocycles. The van der Waals surface area contributed by atoms with Crippen molar-refractivity contribution < 1.29 is 18.4 Å². The van der Waals surface area contributed by atoms with Crippen LogP contribution in [0.4, 0.5) is 13.6 Å². The first-order chi connectivity index (χ1) is 12.0. The normalized spacial score (nSPS) is 19.3. The number of hydrazone groups is 1. The van der Waals surface area contributed by atoms with Crippen LogP contribution in [0, 0.1) is 11.6 Å². The van der Waals surface area contributed by atoms with E-state index in [-0.39, 0.29) is 5.56 Å². The predicted molar refractivity (Wildman–Crippen MR) is 91.7 cm³/mol. The lowest BCUT2D eigenvalue weighted by molar-refractivity contribution is -0.0789. The number of halogens is 2. The molecule has 1 unspecified atom stereocenters. The first-order valence-corrected chi connectivity index (χ1v) is 8.22. The molecule has 130 valence electrons. The average Bonchev–Trinajstić information content (AvgIpc) is 3.08. The van der Waals surface area contributed by atoms with Crippen molar-refractivity contribution in [1.29, 1.82) is 0 Å². The zero-order valence-corrected chi connectivity index (χ0v) is 14.3. The monoisotopic (exact) mass is 363 g/mol. The molecule has 0 aromatic heterocycles. The molecule has 1 atom stereocenters. The van der Waals surface area contributed by atoms with Gasteiger partial charge in [0.1, 0.15) is 11.6 Å². The van der Waals surface area contributed by atoms with Gasteiger partial charge in [0, 0.05) is 12.6 Å². The van der Waals surface area contributed by atoms with Gasteiger partial charge >= 0.3 is 6.03 Å². The minimum Gasteiger partial charge on any atom is -0.273 e. The number of amides is 2. The summed E-state index contributed by atoms with van der Waals surface area (Å²) in [5.74, 6) is -1.24. The number of hydrogen-bond acceptors (Lipinski definition) is 4. The maximum absolute atomic E-state index is 14.7. The summed E-state index contributed by atoms with van der Waals surface area (Å²) in [4.78, 5) is 16.3. The fraction of sp³-hybridized carbons (Fsp3) is 0.176. The van der Waals surface area contributed by atoms with E-state index >= 15 is 0 Å². The first-order valence-electron chi connectivity index (χ1n) is 7.34. The van der Waals surface area contributed by atoms with Gasteiger partial charge in [0.15, 0.2) is 4.87 Å². The molecule has 2 amide bonds. The van der Waals surface area contributed by atoms with Gasteiger partial charge in [-0.3, -0.25) is 4.84 Å². The van der Waals surface area contributed by atoms with Crippen molar-refractivity contribution in [3.63, 3.8) is 0 Å². The molecular formula is C17H15F2N3O2S. The number of rotatable bonds is 3. The summed E-state index contributed by atoms with van der Waals surface area (Å²) in [7, 11) is 2.75. The van der Waals surface area contributed by atoms with E-state index in [0.29, 0.717) is 5.56 Å². The van der Waals surface area contributed by atoms with Crippen LogP contribution in [0.25, 0.3) is 0 Å². The van der Waals surface area contributed by atoms with Crippen molar-refractivity contribution in [2.75, 3.05) is 14.2 Å². The maximum atomic E-state index is 14.7. The number of carbonyl (C=O) groups is 1. The molecule has 2 aromatic rings. The topological polar surface area (TPSA) is 45.1 Å². The summed E-state index contributed by atoms with van der Waals surface area (Å²) in [6.45, 7) is 0. The third kappa shape index (κ3) is 2.87. The highest BCUT2D eigenvalue weighted by molar-refractivity contribution is 8.13. The van der Waals surface area contributed by atoms with Crippen molar-refractivity contribution in [3.05, 3.63) is 71.3 Å². The van der Waals surface area contributed by atoms with Crippen LogP contribution in [0.1, 0.15) is 11.1 Å². The molecule has 25 heavy (non-hydrogen) atoms. The summed E-state index contributed by atoms with van der Waals surface area (Å²) in [6.07, 6.45) is 0. The van der Waals surface area contributed by atoms with Crippen molar-refractivity contribution in [2.45, 2.75) is 4.87 Å². The Morgan fingerprint density at radius 1 is 1.24 bits per heavy atom. The SMILES string of the molecule is CON(C)C(=O)N1N=CSC1(c1ccccc1)c1cc(F)ccc1F. The highest BCUT2D eigenvalue weighted by atomic mass is 32.2. The Morgan fingerprint density at radius 3 is 2.64 bits per heavy atom. The fourth-order valence-corrected chi connectivity index (χ4v) is 3.69. The van der Waals surface area contributed by atoms with Gasteiger partial charge in [-0.15, -0.1) is 0 Å². The Hall–Kier alpha value is -2.45. The van der Waals surface area contributed by atoms with Crippen molar-refractivity contribution >= 4 is 23.3 Å². The maximum Gasteiger partial charge on any atom is 0.366 e. The van der Waals surface area contributed by atoms with Crippen molar-refractivity contribution in [3.8, 4) is 0 Å². The van der Waals surface area contributed by atoms with E-state index in [2.05, 4.69) is 5.10 Å². The van der Waals surface area contributed by atoms with Crippen LogP contribution in [0.3, 0.4) is 0 Å². The second-order valence-electron chi connectivity index (χ2n) is 5.25. The van der Waals surface area contributed by atoms with E-state index in [1.807, 2.05) is 0 Å². The molecule has 0 spiro atoms. The Morgan fingerprint density at radius 2 is 1.96 bits per heavy atom. The van der Waals surface area contributed by atoms with Crippen LogP contribution >= 0.6 is 11.8 Å². The molecule has 0 saturated carbocycles. The number of benzene rings is 2. The van der Waals surface area contributed by atoms with E-state index < -0.39 is 22.5 Å². The van der Waals surface area contributed by atoms with Gasteiger partial charge in [-0.25, -0.2) is 18.6 Å². The summed E-state index contributed by atoms with van der Waals surface area (Å²) in [5, 5.41) is 6.15. The summed E-state index contributed by atoms with van der Waals surface area (Å²) in [5.41, 5.74) is 2.01. The lowest BCUT2D eigenvalue weighted by atomic mass is 9.96. The molecule has 5 nitrogen and oxygen atoms in total. The molecule has 0 bridgehead atoms. The second kappa shape index (κ2) is 6.81. The van der Waals surface area contributed by atoms with Gasteiger partial charge in [0.25, 0.3) is 0 Å². The van der Waals surface area contributed by atoms with Gasteiger partial charge in [0.2, 0.25) is 0 Å². The lowest BCUT2D eigenvalue weighted by Crippen LogP contribution is -2.47. The molecule has 3 rings (SSSR count).